The van der Waals surface area contributed by atoms with Gasteiger partial charge in [-0.3, -0.25) is 0 Å². The van der Waals surface area contributed by atoms with Gasteiger partial charge < -0.3 is 15.6 Å². The van der Waals surface area contributed by atoms with Crippen molar-refractivity contribution in [1.82, 2.24) is 4.98 Å². The number of hydrogen-bond donors (Lipinski definition) is 1. The molecule has 1 aromatic rings. The van der Waals surface area contributed by atoms with Gasteiger partial charge in [-0.2, -0.15) is 0 Å². The maximum absolute atomic E-state index is 9.44. The summed E-state index contributed by atoms with van der Waals surface area (Å²) >= 11 is 0. The molecule has 0 saturated heterocycles. The fourth-order valence-electron chi connectivity index (χ4n) is 1.33. The van der Waals surface area contributed by atoms with Gasteiger partial charge >= 0.3 is 0 Å². The average Bonchev–Trinajstić information content (AvgIpc) is 3.02. The maximum Gasteiger partial charge on any atom is 0.218 e. The van der Waals surface area contributed by atoms with Crippen molar-refractivity contribution >= 4 is 5.90 Å². The summed E-state index contributed by atoms with van der Waals surface area (Å²) in [6.45, 7) is 0. The molecule has 2 rings (SSSR count). The summed E-state index contributed by atoms with van der Waals surface area (Å²) in [4.78, 5) is 4.31. The van der Waals surface area contributed by atoms with E-state index in [-0.39, 0.29) is 38.6 Å². The van der Waals surface area contributed by atoms with Gasteiger partial charge in [0.15, 0.2) is 0 Å². The summed E-state index contributed by atoms with van der Waals surface area (Å²) in [5.74, 6) is 0.469. The number of pyridine rings is 1. The Labute approximate surface area is 114 Å². The van der Waals surface area contributed by atoms with Crippen LogP contribution in [0.5, 0.6) is 0 Å². The quantitative estimate of drug-likeness (QED) is 0.523. The normalized spacial score (nSPS) is 15.7. The van der Waals surface area contributed by atoms with Crippen LogP contribution in [0.1, 0.15) is 30.1 Å². The van der Waals surface area contributed by atoms with Crippen LogP contribution in [-0.4, -0.2) is 23.0 Å². The first kappa shape index (κ1) is 12.6. The van der Waals surface area contributed by atoms with Crippen molar-refractivity contribution < 1.29 is 37.8 Å². The van der Waals surface area contributed by atoms with Crippen molar-refractivity contribution in [3.05, 3.63) is 35.0 Å². The number of aromatic nitrogens is 1. The Morgan fingerprint density at radius 2 is 2.27 bits per heavy atom. The van der Waals surface area contributed by atoms with Crippen LogP contribution < -0.4 is 0 Å². The second kappa shape index (κ2) is 5.56. The third-order valence-corrected chi connectivity index (χ3v) is 2.19. The van der Waals surface area contributed by atoms with E-state index in [1.54, 1.807) is 6.07 Å². The monoisotopic (exact) mass is 279 g/mol. The van der Waals surface area contributed by atoms with Gasteiger partial charge in [-0.15, -0.1) is 7.05 Å². The average molecular weight is 279 g/mol. The molecular formula is C10H12N3OY-. The Bertz CT molecular complexity index is 363. The summed E-state index contributed by atoms with van der Waals surface area (Å²) in [6.07, 6.45) is 2.40. The second-order valence-corrected chi connectivity index (χ2v) is 3.35. The molecule has 15 heavy (non-hydrogen) atoms. The molecule has 77 valence electrons. The summed E-state index contributed by atoms with van der Waals surface area (Å²) in [7, 11) is 1.51. The van der Waals surface area contributed by atoms with Crippen LogP contribution in [0.25, 0.3) is 5.43 Å². The molecule has 5 heteroatoms. The van der Waals surface area contributed by atoms with E-state index in [1.807, 2.05) is 12.1 Å². The zero-order chi connectivity index (χ0) is 9.97. The van der Waals surface area contributed by atoms with Crippen molar-refractivity contribution in [2.75, 3.05) is 7.05 Å². The third kappa shape index (κ3) is 3.25. The van der Waals surface area contributed by atoms with E-state index < -0.39 is 0 Å². The Kier molecular flexibility index (Phi) is 4.67. The zero-order valence-electron chi connectivity index (χ0n) is 8.59. The molecule has 0 aromatic carbocycles. The van der Waals surface area contributed by atoms with Crippen molar-refractivity contribution in [3.8, 4) is 0 Å². The van der Waals surface area contributed by atoms with Gasteiger partial charge in [0.25, 0.3) is 0 Å². The Balaban J connectivity index is 0.00000112. The van der Waals surface area contributed by atoms with Crippen LogP contribution in [0.2, 0.25) is 0 Å². The molecule has 0 bridgehead atoms. The number of aliphatic hydroxyl groups excluding tert-OH is 1. The van der Waals surface area contributed by atoms with E-state index in [4.69, 9.17) is 0 Å². The Morgan fingerprint density at radius 3 is 2.87 bits per heavy atom. The van der Waals surface area contributed by atoms with Crippen molar-refractivity contribution in [3.63, 3.8) is 0 Å². The Morgan fingerprint density at radius 1 is 1.53 bits per heavy atom. The molecule has 0 spiro atoms. The molecule has 4 nitrogen and oxygen atoms in total. The number of nitrogens with zero attached hydrogens (tertiary/aromatic N) is 3. The molecule has 1 N–H and O–H groups in total. The van der Waals surface area contributed by atoms with Gasteiger partial charge in [0.1, 0.15) is 5.69 Å². The van der Waals surface area contributed by atoms with Crippen LogP contribution >= 0.6 is 0 Å². The molecule has 1 fully saturated rings. The number of hydrogen-bond acceptors (Lipinski definition) is 2. The largest absolute Gasteiger partial charge is 0.602 e. The maximum atomic E-state index is 9.44. The van der Waals surface area contributed by atoms with Gasteiger partial charge in [0, 0.05) is 44.3 Å². The first-order valence-electron chi connectivity index (χ1n) is 4.64. The summed E-state index contributed by atoms with van der Waals surface area (Å²) < 4.78 is 0. The fraction of sp³-hybridized carbons (Fsp3) is 0.400. The first-order chi connectivity index (χ1) is 6.81. The van der Waals surface area contributed by atoms with Crippen molar-refractivity contribution in [2.24, 2.45) is 5.10 Å². The van der Waals surface area contributed by atoms with E-state index in [0.717, 1.165) is 5.69 Å². The SMILES string of the molecule is C[N-]/N=C(\O)c1cccc(C2CC2)n1.[Y]. The van der Waals surface area contributed by atoms with Gasteiger partial charge in [-0.05, 0) is 25.0 Å². The molecular weight excluding hydrogens is 267 g/mol. The van der Waals surface area contributed by atoms with Crippen LogP contribution in [0.4, 0.5) is 0 Å². The van der Waals surface area contributed by atoms with E-state index >= 15 is 0 Å². The van der Waals surface area contributed by atoms with Crippen LogP contribution in [0.15, 0.2) is 23.3 Å². The molecule has 0 atom stereocenters. The zero-order valence-corrected chi connectivity index (χ0v) is 11.4. The topological polar surface area (TPSA) is 59.6 Å². The van der Waals surface area contributed by atoms with E-state index in [2.05, 4.69) is 15.5 Å². The molecule has 0 unspecified atom stereocenters. The minimum atomic E-state index is -0.116. The minimum Gasteiger partial charge on any atom is -0.602 e. The van der Waals surface area contributed by atoms with E-state index in [1.165, 1.54) is 19.9 Å². The van der Waals surface area contributed by atoms with Crippen LogP contribution in [0.3, 0.4) is 0 Å². The fourth-order valence-corrected chi connectivity index (χ4v) is 1.33. The van der Waals surface area contributed by atoms with Crippen molar-refractivity contribution in [2.45, 2.75) is 18.8 Å². The van der Waals surface area contributed by atoms with Gasteiger partial charge in [0.2, 0.25) is 5.90 Å². The molecule has 1 heterocycles. The molecule has 1 aromatic heterocycles. The first-order valence-corrected chi connectivity index (χ1v) is 4.64. The van der Waals surface area contributed by atoms with E-state index in [0.29, 0.717) is 11.6 Å². The smallest absolute Gasteiger partial charge is 0.218 e. The predicted molar refractivity (Wildman–Crippen MR) is 54.7 cm³/mol. The minimum absolute atomic E-state index is 0. The van der Waals surface area contributed by atoms with Gasteiger partial charge in [0.05, 0.1) is 0 Å². The van der Waals surface area contributed by atoms with Crippen LogP contribution in [-0.2, 0) is 32.7 Å². The molecule has 0 amide bonds. The second-order valence-electron chi connectivity index (χ2n) is 3.35. The number of rotatable bonds is 3. The molecule has 0 aliphatic heterocycles. The van der Waals surface area contributed by atoms with Gasteiger partial charge in [-0.1, -0.05) is 6.07 Å². The number of aliphatic hydroxyl groups is 1. The molecule has 1 aliphatic rings. The molecule has 1 radical (unpaired) electrons. The summed E-state index contributed by atoms with van der Waals surface area (Å²) in [5.41, 5.74) is 5.04. The predicted octanol–water partition coefficient (Wildman–Crippen LogP) is 2.18. The standard InChI is InChI=1S/C10H12N3O.Y/c1-11-13-10(14)9-4-2-3-8(12-9)7-5-6-7;/h2-4,7H,5-6H2,1H3,(H-,11,12,13,14);/q-1;. The Hall–Kier alpha value is -0.476. The van der Waals surface area contributed by atoms with Crippen LogP contribution in [0, 0.1) is 0 Å². The molecule has 1 aliphatic carbocycles. The van der Waals surface area contributed by atoms with Gasteiger partial charge in [-0.25, -0.2) is 4.98 Å². The summed E-state index contributed by atoms with van der Waals surface area (Å²) in [5, 5.41) is 13.0. The molecule has 1 saturated carbocycles. The third-order valence-electron chi connectivity index (χ3n) is 2.19. The van der Waals surface area contributed by atoms with E-state index in [9.17, 15) is 5.11 Å². The van der Waals surface area contributed by atoms with Crippen molar-refractivity contribution in [1.29, 1.82) is 0 Å². The summed E-state index contributed by atoms with van der Waals surface area (Å²) in [6, 6.07) is 5.60.